The summed E-state index contributed by atoms with van der Waals surface area (Å²) in [6, 6.07) is 0. The highest BCUT2D eigenvalue weighted by Gasteiger charge is 1.97. The summed E-state index contributed by atoms with van der Waals surface area (Å²) in [5.41, 5.74) is 2.48. The van der Waals surface area contributed by atoms with Crippen molar-refractivity contribution in [3.63, 3.8) is 0 Å². The smallest absolute Gasteiger partial charge is 0.236 e. The van der Waals surface area contributed by atoms with E-state index in [4.69, 9.17) is 5.11 Å². The van der Waals surface area contributed by atoms with Crippen LogP contribution in [0.2, 0.25) is 0 Å². The van der Waals surface area contributed by atoms with E-state index in [1.165, 1.54) is 5.01 Å². The van der Waals surface area contributed by atoms with Crippen LogP contribution in [0.5, 0.6) is 0 Å². The molecule has 4 nitrogen and oxygen atoms in total. The summed E-state index contributed by atoms with van der Waals surface area (Å²) >= 11 is 0. The second kappa shape index (κ2) is 4.29. The van der Waals surface area contributed by atoms with E-state index in [-0.39, 0.29) is 18.9 Å². The maximum absolute atomic E-state index is 10.5. The van der Waals surface area contributed by atoms with Crippen molar-refractivity contribution < 1.29 is 9.90 Å². The molecule has 0 aromatic rings. The van der Waals surface area contributed by atoms with Crippen molar-refractivity contribution in [3.05, 3.63) is 0 Å². The van der Waals surface area contributed by atoms with Crippen LogP contribution in [-0.2, 0) is 4.79 Å². The second-order valence-corrected chi connectivity index (χ2v) is 1.90. The number of hydrazine groups is 1. The van der Waals surface area contributed by atoms with Gasteiger partial charge in [0.2, 0.25) is 5.91 Å². The minimum absolute atomic E-state index is 0.0975. The van der Waals surface area contributed by atoms with Crippen LogP contribution in [0.3, 0.4) is 0 Å². The Labute approximate surface area is 54.4 Å². The Kier molecular flexibility index (Phi) is 4.00. The maximum atomic E-state index is 10.5. The van der Waals surface area contributed by atoms with Gasteiger partial charge in [-0.2, -0.15) is 0 Å². The van der Waals surface area contributed by atoms with Crippen LogP contribution >= 0.6 is 0 Å². The van der Waals surface area contributed by atoms with E-state index in [0.717, 1.165) is 0 Å². The monoisotopic (exact) mass is 132 g/mol. The molecule has 0 aromatic heterocycles. The normalized spacial score (nSPS) is 9.78. The summed E-state index contributed by atoms with van der Waals surface area (Å²) < 4.78 is 0. The summed E-state index contributed by atoms with van der Waals surface area (Å²) in [7, 11) is 3.44. The van der Waals surface area contributed by atoms with Gasteiger partial charge in [0.1, 0.15) is 0 Å². The van der Waals surface area contributed by atoms with E-state index >= 15 is 0 Å². The fraction of sp³-hybridized carbons (Fsp3) is 0.800. The molecule has 0 aliphatic rings. The molecule has 0 aliphatic carbocycles. The zero-order chi connectivity index (χ0) is 7.28. The largest absolute Gasteiger partial charge is 0.396 e. The van der Waals surface area contributed by atoms with Crippen LogP contribution in [0.4, 0.5) is 0 Å². The molecule has 0 unspecified atom stereocenters. The Morgan fingerprint density at radius 3 is 2.56 bits per heavy atom. The van der Waals surface area contributed by atoms with Gasteiger partial charge >= 0.3 is 0 Å². The van der Waals surface area contributed by atoms with Gasteiger partial charge in [0.05, 0.1) is 13.0 Å². The molecular formula is C5H12N2O2. The first kappa shape index (κ1) is 8.39. The van der Waals surface area contributed by atoms with Crippen LogP contribution < -0.4 is 5.43 Å². The number of amides is 1. The molecule has 0 radical (unpaired) electrons. The molecule has 54 valence electrons. The molecule has 0 bridgehead atoms. The number of carbonyl (C=O) groups is 1. The van der Waals surface area contributed by atoms with E-state index < -0.39 is 0 Å². The van der Waals surface area contributed by atoms with Crippen LogP contribution in [0.1, 0.15) is 6.42 Å². The highest BCUT2D eigenvalue weighted by molar-refractivity contribution is 5.75. The lowest BCUT2D eigenvalue weighted by Crippen LogP contribution is -2.36. The third-order valence-corrected chi connectivity index (χ3v) is 0.687. The van der Waals surface area contributed by atoms with E-state index in [1.807, 2.05) is 0 Å². The Bertz CT molecular complexity index is 93.0. The summed E-state index contributed by atoms with van der Waals surface area (Å²) in [4.78, 5) is 10.5. The first-order chi connectivity index (χ1) is 4.16. The van der Waals surface area contributed by atoms with E-state index in [9.17, 15) is 4.79 Å². The molecule has 0 heterocycles. The van der Waals surface area contributed by atoms with Gasteiger partial charge in [0.15, 0.2) is 0 Å². The number of aliphatic hydroxyl groups excluding tert-OH is 1. The summed E-state index contributed by atoms with van der Waals surface area (Å²) in [6.45, 7) is -0.0975. The number of aliphatic hydroxyl groups is 1. The predicted molar refractivity (Wildman–Crippen MR) is 33.5 cm³/mol. The van der Waals surface area contributed by atoms with Crippen molar-refractivity contribution in [1.82, 2.24) is 10.4 Å². The molecule has 0 fully saturated rings. The van der Waals surface area contributed by atoms with Gasteiger partial charge in [-0.15, -0.1) is 0 Å². The molecule has 0 rings (SSSR count). The lowest BCUT2D eigenvalue weighted by molar-refractivity contribution is -0.125. The van der Waals surface area contributed by atoms with Crippen molar-refractivity contribution in [2.75, 3.05) is 20.7 Å². The first-order valence-electron chi connectivity index (χ1n) is 2.74. The first-order valence-corrected chi connectivity index (χ1v) is 2.74. The lowest BCUT2D eigenvalue weighted by Gasteiger charge is -2.10. The van der Waals surface area contributed by atoms with Crippen LogP contribution in [0.25, 0.3) is 0 Å². The molecule has 0 aromatic carbocycles. The number of rotatable bonds is 3. The Morgan fingerprint density at radius 2 is 2.22 bits per heavy atom. The topological polar surface area (TPSA) is 52.6 Å². The Hall–Kier alpha value is -0.610. The SMILES string of the molecule is CN(C)NC(=O)CCO. The van der Waals surface area contributed by atoms with Crippen molar-refractivity contribution in [3.8, 4) is 0 Å². The Morgan fingerprint density at radius 1 is 1.67 bits per heavy atom. The second-order valence-electron chi connectivity index (χ2n) is 1.90. The average molecular weight is 132 g/mol. The predicted octanol–water partition coefficient (Wildman–Crippen LogP) is -1.04. The van der Waals surface area contributed by atoms with Gasteiger partial charge in [0, 0.05) is 14.1 Å². The van der Waals surface area contributed by atoms with E-state index in [2.05, 4.69) is 5.43 Å². The lowest BCUT2D eigenvalue weighted by atomic mass is 10.4. The van der Waals surface area contributed by atoms with Crippen molar-refractivity contribution in [1.29, 1.82) is 0 Å². The highest BCUT2D eigenvalue weighted by Crippen LogP contribution is 1.75. The third-order valence-electron chi connectivity index (χ3n) is 0.687. The molecule has 9 heavy (non-hydrogen) atoms. The zero-order valence-electron chi connectivity index (χ0n) is 5.72. The molecule has 1 amide bonds. The van der Waals surface area contributed by atoms with Gasteiger partial charge in [-0.25, -0.2) is 5.01 Å². The van der Waals surface area contributed by atoms with E-state index in [0.29, 0.717) is 0 Å². The summed E-state index contributed by atoms with van der Waals surface area (Å²) in [5.74, 6) is -0.164. The van der Waals surface area contributed by atoms with Gasteiger partial charge < -0.3 is 5.11 Å². The van der Waals surface area contributed by atoms with Crippen molar-refractivity contribution in [2.24, 2.45) is 0 Å². The van der Waals surface area contributed by atoms with Crippen LogP contribution in [0.15, 0.2) is 0 Å². The average Bonchev–Trinajstić information content (AvgIpc) is 1.63. The number of nitrogens with one attached hydrogen (secondary N) is 1. The summed E-state index contributed by atoms with van der Waals surface area (Å²) in [6.07, 6.45) is 0.165. The van der Waals surface area contributed by atoms with Gasteiger partial charge in [-0.3, -0.25) is 10.2 Å². The molecule has 0 saturated carbocycles. The minimum Gasteiger partial charge on any atom is -0.396 e. The van der Waals surface area contributed by atoms with Crippen molar-refractivity contribution in [2.45, 2.75) is 6.42 Å². The summed E-state index contributed by atoms with van der Waals surface area (Å²) in [5, 5.41) is 9.81. The quantitative estimate of drug-likeness (QED) is 0.482. The molecule has 0 spiro atoms. The zero-order valence-corrected chi connectivity index (χ0v) is 5.72. The molecule has 0 aliphatic heterocycles. The van der Waals surface area contributed by atoms with Crippen molar-refractivity contribution >= 4 is 5.91 Å². The van der Waals surface area contributed by atoms with E-state index in [1.54, 1.807) is 14.1 Å². The highest BCUT2D eigenvalue weighted by atomic mass is 16.3. The third kappa shape index (κ3) is 5.26. The Balaban J connectivity index is 3.27. The van der Waals surface area contributed by atoms with Gasteiger partial charge in [-0.05, 0) is 0 Å². The van der Waals surface area contributed by atoms with Crippen LogP contribution in [0, 0.1) is 0 Å². The number of carbonyl (C=O) groups excluding carboxylic acids is 1. The molecular weight excluding hydrogens is 120 g/mol. The minimum atomic E-state index is -0.164. The van der Waals surface area contributed by atoms with Gasteiger partial charge in [-0.1, -0.05) is 0 Å². The fourth-order valence-electron chi connectivity index (χ4n) is 0.407. The van der Waals surface area contributed by atoms with Gasteiger partial charge in [0.25, 0.3) is 0 Å². The molecule has 0 atom stereocenters. The van der Waals surface area contributed by atoms with Crippen LogP contribution in [-0.4, -0.2) is 36.7 Å². The molecule has 4 heteroatoms. The molecule has 0 saturated heterocycles. The fourth-order valence-corrected chi connectivity index (χ4v) is 0.407. The number of hydrogen-bond acceptors (Lipinski definition) is 3. The number of hydrogen-bond donors (Lipinski definition) is 2. The number of nitrogens with zero attached hydrogens (tertiary/aromatic N) is 1. The maximum Gasteiger partial charge on any atom is 0.236 e. The standard InChI is InChI=1S/C5H12N2O2/c1-7(2)6-5(9)3-4-8/h8H,3-4H2,1-2H3,(H,6,9). The molecule has 2 N–H and O–H groups in total.